The number of carbonyl (C=O) groups excluding carboxylic acids is 2. The number of aromatic nitrogens is 2. The monoisotopic (exact) mass is 491 g/mol. The molecule has 3 fully saturated rings. The van der Waals surface area contributed by atoms with Crippen molar-refractivity contribution in [3.63, 3.8) is 0 Å². The Morgan fingerprint density at radius 2 is 1.52 bits per heavy atom. The van der Waals surface area contributed by atoms with E-state index in [2.05, 4.69) is 19.8 Å². The van der Waals surface area contributed by atoms with Crippen LogP contribution >= 0.6 is 36.4 Å². The summed E-state index contributed by atoms with van der Waals surface area (Å²) in [4.78, 5) is 39.7. The van der Waals surface area contributed by atoms with Crippen LogP contribution in [0.2, 0.25) is 5.15 Å². The Hall–Kier alpha value is -1.15. The van der Waals surface area contributed by atoms with Crippen LogP contribution in [0.25, 0.3) is 0 Å². The minimum absolute atomic E-state index is 0. The number of likely N-dealkylation sites (tertiary alicyclic amines) is 1. The number of piperazine rings is 1. The molecule has 2 amide bonds. The number of imide groups is 1. The fraction of sp³-hybridized carbons (Fsp3) is 0.714. The molecule has 1 aliphatic carbocycles. The maximum absolute atomic E-state index is 12.5. The van der Waals surface area contributed by atoms with Crippen LogP contribution in [0.1, 0.15) is 51.4 Å². The Bertz CT molecular complexity index is 732. The summed E-state index contributed by atoms with van der Waals surface area (Å²) >= 11 is 5.93. The van der Waals surface area contributed by atoms with Crippen LogP contribution in [0, 0.1) is 5.41 Å². The quantitative estimate of drug-likeness (QED) is 0.446. The number of hydrogen-bond acceptors (Lipinski definition) is 6. The van der Waals surface area contributed by atoms with Crippen molar-refractivity contribution in [2.45, 2.75) is 51.4 Å². The third kappa shape index (κ3) is 6.44. The molecular formula is C21H32Cl3N5O2. The number of piperidine rings is 1. The van der Waals surface area contributed by atoms with Crippen molar-refractivity contribution in [2.24, 2.45) is 5.41 Å². The molecule has 3 aliphatic rings. The van der Waals surface area contributed by atoms with Crippen LogP contribution < -0.4 is 4.90 Å². The second-order valence-electron chi connectivity index (χ2n) is 8.74. The molecule has 0 N–H and O–H groups in total. The van der Waals surface area contributed by atoms with E-state index in [1.165, 1.54) is 4.90 Å². The lowest BCUT2D eigenvalue weighted by Gasteiger charge is -2.37. The summed E-state index contributed by atoms with van der Waals surface area (Å²) in [6.07, 6.45) is 10.8. The van der Waals surface area contributed by atoms with Gasteiger partial charge in [0, 0.05) is 45.6 Å². The molecule has 0 atom stereocenters. The van der Waals surface area contributed by atoms with Crippen molar-refractivity contribution in [1.29, 1.82) is 0 Å². The first-order valence-electron chi connectivity index (χ1n) is 10.8. The van der Waals surface area contributed by atoms with Gasteiger partial charge in [-0.2, -0.15) is 0 Å². The molecule has 2 aliphatic heterocycles. The predicted octanol–water partition coefficient (Wildman–Crippen LogP) is 3.59. The molecule has 1 aromatic rings. The van der Waals surface area contributed by atoms with Crippen molar-refractivity contribution in [2.75, 3.05) is 44.2 Å². The lowest BCUT2D eigenvalue weighted by atomic mass is 9.76. The second kappa shape index (κ2) is 11.6. The minimum Gasteiger partial charge on any atom is -0.353 e. The first-order valence-corrected chi connectivity index (χ1v) is 11.2. The van der Waals surface area contributed by atoms with Gasteiger partial charge in [-0.15, -0.1) is 24.8 Å². The number of amides is 2. The van der Waals surface area contributed by atoms with Crippen LogP contribution in [0.5, 0.6) is 0 Å². The molecular weight excluding hydrogens is 461 g/mol. The van der Waals surface area contributed by atoms with Gasteiger partial charge in [0.1, 0.15) is 11.0 Å². The number of anilines is 1. The summed E-state index contributed by atoms with van der Waals surface area (Å²) in [5, 5.41) is 0.422. The SMILES string of the molecule is Cl.Cl.O=C1CC2(CCCC2)CC(=O)N1CCCCN1CCN(c2cncc(Cl)n2)CC1. The van der Waals surface area contributed by atoms with Crippen molar-refractivity contribution in [3.05, 3.63) is 17.5 Å². The lowest BCUT2D eigenvalue weighted by molar-refractivity contribution is -0.153. The van der Waals surface area contributed by atoms with Gasteiger partial charge >= 0.3 is 0 Å². The number of nitrogens with zero attached hydrogens (tertiary/aromatic N) is 5. The van der Waals surface area contributed by atoms with Gasteiger partial charge in [0.05, 0.1) is 12.4 Å². The topological polar surface area (TPSA) is 69.6 Å². The summed E-state index contributed by atoms with van der Waals surface area (Å²) in [7, 11) is 0. The van der Waals surface area contributed by atoms with Gasteiger partial charge in [-0.1, -0.05) is 24.4 Å². The molecule has 31 heavy (non-hydrogen) atoms. The largest absolute Gasteiger partial charge is 0.353 e. The number of rotatable bonds is 6. The standard InChI is InChI=1S/C21H30ClN5O2.2ClH/c22-17-15-23-16-18(24-17)26-11-9-25(10-12-26)7-3-4-8-27-19(28)13-21(14-20(27)29)5-1-2-6-21;;/h15-16H,1-14H2;2*1H. The highest BCUT2D eigenvalue weighted by atomic mass is 35.5. The van der Waals surface area contributed by atoms with E-state index in [1.54, 1.807) is 12.4 Å². The lowest BCUT2D eigenvalue weighted by Crippen LogP contribution is -2.48. The predicted molar refractivity (Wildman–Crippen MR) is 126 cm³/mol. The van der Waals surface area contributed by atoms with Gasteiger partial charge in [0.15, 0.2) is 0 Å². The summed E-state index contributed by atoms with van der Waals surface area (Å²) in [5.41, 5.74) is -0.00228. The van der Waals surface area contributed by atoms with E-state index in [4.69, 9.17) is 11.6 Å². The fourth-order valence-electron chi connectivity index (χ4n) is 5.05. The van der Waals surface area contributed by atoms with Crippen LogP contribution in [0.3, 0.4) is 0 Å². The molecule has 0 radical (unpaired) electrons. The number of halogens is 3. The van der Waals surface area contributed by atoms with Crippen LogP contribution in [0.4, 0.5) is 5.82 Å². The first-order chi connectivity index (χ1) is 14.0. The normalized spacial score (nSPS) is 21.2. The van der Waals surface area contributed by atoms with E-state index in [0.717, 1.165) is 77.1 Å². The third-order valence-electron chi connectivity index (χ3n) is 6.71. The average molecular weight is 493 g/mol. The Labute approximate surface area is 201 Å². The van der Waals surface area contributed by atoms with Crippen molar-refractivity contribution >= 4 is 54.0 Å². The van der Waals surface area contributed by atoms with Gasteiger partial charge < -0.3 is 4.90 Å². The zero-order valence-electron chi connectivity index (χ0n) is 17.8. The fourth-order valence-corrected chi connectivity index (χ4v) is 5.20. The van der Waals surface area contributed by atoms with Crippen LogP contribution in [-0.4, -0.2) is 70.9 Å². The molecule has 2 saturated heterocycles. The zero-order valence-corrected chi connectivity index (χ0v) is 20.2. The molecule has 174 valence electrons. The average Bonchev–Trinajstić information content (AvgIpc) is 3.14. The molecule has 1 aromatic heterocycles. The summed E-state index contributed by atoms with van der Waals surface area (Å²) < 4.78 is 0. The Kier molecular flexibility index (Phi) is 9.80. The Morgan fingerprint density at radius 1 is 0.903 bits per heavy atom. The summed E-state index contributed by atoms with van der Waals surface area (Å²) in [6, 6.07) is 0. The van der Waals surface area contributed by atoms with E-state index < -0.39 is 0 Å². The van der Waals surface area contributed by atoms with Crippen molar-refractivity contribution in [1.82, 2.24) is 19.8 Å². The maximum Gasteiger partial charge on any atom is 0.229 e. The van der Waals surface area contributed by atoms with Gasteiger partial charge in [-0.05, 0) is 37.6 Å². The van der Waals surface area contributed by atoms with E-state index in [-0.39, 0.29) is 42.0 Å². The highest BCUT2D eigenvalue weighted by molar-refractivity contribution is 6.29. The molecule has 0 unspecified atom stereocenters. The molecule has 1 spiro atoms. The number of carbonyl (C=O) groups is 2. The van der Waals surface area contributed by atoms with E-state index >= 15 is 0 Å². The molecule has 1 saturated carbocycles. The minimum atomic E-state index is -0.00228. The van der Waals surface area contributed by atoms with Crippen LogP contribution in [0.15, 0.2) is 12.4 Å². The van der Waals surface area contributed by atoms with E-state index in [9.17, 15) is 9.59 Å². The highest BCUT2D eigenvalue weighted by Crippen LogP contribution is 2.46. The molecule has 0 aromatic carbocycles. The van der Waals surface area contributed by atoms with Gasteiger partial charge in [0.25, 0.3) is 0 Å². The van der Waals surface area contributed by atoms with Gasteiger partial charge in [-0.25, -0.2) is 4.98 Å². The Morgan fingerprint density at radius 3 is 2.13 bits per heavy atom. The molecule has 10 heteroatoms. The second-order valence-corrected chi connectivity index (χ2v) is 9.12. The van der Waals surface area contributed by atoms with Crippen LogP contribution in [-0.2, 0) is 9.59 Å². The van der Waals surface area contributed by atoms with E-state index in [0.29, 0.717) is 24.5 Å². The first kappa shape index (κ1) is 26.1. The van der Waals surface area contributed by atoms with Gasteiger partial charge in [-0.3, -0.25) is 24.4 Å². The smallest absolute Gasteiger partial charge is 0.229 e. The molecule has 7 nitrogen and oxygen atoms in total. The molecule has 0 bridgehead atoms. The Balaban J connectivity index is 0.00000171. The zero-order chi connectivity index (χ0) is 20.3. The van der Waals surface area contributed by atoms with Crippen molar-refractivity contribution in [3.8, 4) is 0 Å². The van der Waals surface area contributed by atoms with E-state index in [1.807, 2.05) is 0 Å². The molecule has 3 heterocycles. The summed E-state index contributed by atoms with van der Waals surface area (Å²) in [5.74, 6) is 0.943. The highest BCUT2D eigenvalue weighted by Gasteiger charge is 2.44. The number of unbranched alkanes of at least 4 members (excludes halogenated alkanes) is 1. The third-order valence-corrected chi connectivity index (χ3v) is 6.90. The maximum atomic E-state index is 12.5. The molecule has 4 rings (SSSR count). The van der Waals surface area contributed by atoms with Crippen molar-refractivity contribution < 1.29 is 9.59 Å². The number of hydrogen-bond donors (Lipinski definition) is 0. The van der Waals surface area contributed by atoms with Gasteiger partial charge in [0.2, 0.25) is 11.8 Å². The summed E-state index contributed by atoms with van der Waals surface area (Å²) in [6.45, 7) is 5.32.